The number of para-hydroxylation sites is 2. The summed E-state index contributed by atoms with van der Waals surface area (Å²) in [6, 6.07) is 7.23. The summed E-state index contributed by atoms with van der Waals surface area (Å²) < 4.78 is 0. The Morgan fingerprint density at radius 1 is 1.11 bits per heavy atom. The fraction of sp³-hybridized carbons (Fsp3) is 0.250. The first-order chi connectivity index (χ1) is 8.65. The zero-order valence-electron chi connectivity index (χ0n) is 9.54. The molecule has 1 heterocycles. The van der Waals surface area contributed by atoms with Crippen LogP contribution in [0, 0.1) is 0 Å². The van der Waals surface area contributed by atoms with Gasteiger partial charge in [0.15, 0.2) is 0 Å². The number of carboxylic acid groups (broad SMARTS) is 1. The fourth-order valence-electron chi connectivity index (χ4n) is 1.50. The van der Waals surface area contributed by atoms with Gasteiger partial charge in [-0.25, -0.2) is 9.98 Å². The molecule has 1 aliphatic rings. The summed E-state index contributed by atoms with van der Waals surface area (Å²) in [6.07, 6.45) is 0.334. The van der Waals surface area contributed by atoms with Crippen LogP contribution in [-0.4, -0.2) is 22.9 Å². The lowest BCUT2D eigenvalue weighted by Gasteiger charge is -1.92. The summed E-state index contributed by atoms with van der Waals surface area (Å²) >= 11 is 0. The Balaban J connectivity index is 2.01. The molecule has 0 radical (unpaired) electrons. The second-order valence-corrected chi connectivity index (χ2v) is 3.77. The van der Waals surface area contributed by atoms with Gasteiger partial charge in [-0.2, -0.15) is 4.99 Å². The van der Waals surface area contributed by atoms with E-state index in [1.54, 1.807) is 12.1 Å². The molecule has 0 bridgehead atoms. The van der Waals surface area contributed by atoms with Crippen molar-refractivity contribution in [2.24, 2.45) is 15.0 Å². The molecule has 1 amide bonds. The van der Waals surface area contributed by atoms with E-state index < -0.39 is 11.9 Å². The number of amides is 1. The third-order valence-electron chi connectivity index (χ3n) is 2.33. The third kappa shape index (κ3) is 3.07. The van der Waals surface area contributed by atoms with Crippen LogP contribution in [-0.2, 0) is 9.59 Å². The molecule has 0 saturated carbocycles. The van der Waals surface area contributed by atoms with Crippen LogP contribution in [0.1, 0.15) is 19.3 Å². The molecule has 0 spiro atoms. The van der Waals surface area contributed by atoms with E-state index in [-0.39, 0.29) is 25.2 Å². The molecule has 0 fully saturated rings. The van der Waals surface area contributed by atoms with Gasteiger partial charge in [-0.1, -0.05) is 12.1 Å². The number of carboxylic acids is 1. The van der Waals surface area contributed by atoms with Gasteiger partial charge in [0.25, 0.3) is 5.96 Å². The maximum Gasteiger partial charge on any atom is 0.303 e. The minimum absolute atomic E-state index is 0.0366. The highest BCUT2D eigenvalue weighted by molar-refractivity contribution is 5.94. The number of nitrogens with zero attached hydrogens (tertiary/aromatic N) is 3. The Kier molecular flexibility index (Phi) is 3.57. The van der Waals surface area contributed by atoms with E-state index in [4.69, 9.17) is 5.11 Å². The number of hydrogen-bond donors (Lipinski definition) is 1. The van der Waals surface area contributed by atoms with Crippen LogP contribution in [0.3, 0.4) is 0 Å². The van der Waals surface area contributed by atoms with Crippen molar-refractivity contribution >= 4 is 17.8 Å². The molecule has 6 nitrogen and oxygen atoms in total. The SMILES string of the molecule is O=C(O)CCCC(=O)N=C1N=c2ccccc2=N1. The number of fused-ring (bicyclic) bond motifs is 1. The number of hydrogen-bond acceptors (Lipinski definition) is 2. The summed E-state index contributed by atoms with van der Waals surface area (Å²) in [4.78, 5) is 33.6. The van der Waals surface area contributed by atoms with Crippen LogP contribution in [0.25, 0.3) is 0 Å². The van der Waals surface area contributed by atoms with Crippen LogP contribution in [0.5, 0.6) is 0 Å². The van der Waals surface area contributed by atoms with Gasteiger partial charge in [0.2, 0.25) is 5.91 Å². The number of guanidine groups is 1. The highest BCUT2D eigenvalue weighted by Gasteiger charge is 2.07. The second kappa shape index (κ2) is 5.31. The number of carbonyl (C=O) groups excluding carboxylic acids is 1. The summed E-state index contributed by atoms with van der Waals surface area (Å²) in [5, 5.41) is 9.82. The van der Waals surface area contributed by atoms with E-state index in [9.17, 15) is 9.59 Å². The van der Waals surface area contributed by atoms with E-state index in [0.717, 1.165) is 0 Å². The normalized spacial score (nSPS) is 12.3. The first-order valence-corrected chi connectivity index (χ1v) is 5.51. The summed E-state index contributed by atoms with van der Waals surface area (Å²) in [5.74, 6) is -1.18. The first-order valence-electron chi connectivity index (χ1n) is 5.51. The lowest BCUT2D eigenvalue weighted by Crippen LogP contribution is -2.19. The molecule has 0 saturated heterocycles. The molecule has 18 heavy (non-hydrogen) atoms. The maximum absolute atomic E-state index is 11.4. The number of benzene rings is 1. The molecule has 1 aromatic carbocycles. The minimum atomic E-state index is -0.918. The Hall–Kier alpha value is -2.37. The van der Waals surface area contributed by atoms with Crippen molar-refractivity contribution in [3.05, 3.63) is 35.0 Å². The van der Waals surface area contributed by atoms with Crippen molar-refractivity contribution in [1.82, 2.24) is 0 Å². The van der Waals surface area contributed by atoms with Gasteiger partial charge in [-0.3, -0.25) is 9.59 Å². The van der Waals surface area contributed by atoms with Gasteiger partial charge < -0.3 is 5.11 Å². The molecule has 92 valence electrons. The molecular formula is C12H11N3O3. The molecular weight excluding hydrogens is 234 g/mol. The fourth-order valence-corrected chi connectivity index (χ4v) is 1.50. The van der Waals surface area contributed by atoms with E-state index in [0.29, 0.717) is 10.7 Å². The zero-order valence-corrected chi connectivity index (χ0v) is 9.54. The molecule has 6 heteroatoms. The predicted molar refractivity (Wildman–Crippen MR) is 62.7 cm³/mol. The molecule has 0 aliphatic carbocycles. The highest BCUT2D eigenvalue weighted by atomic mass is 16.4. The molecule has 0 aromatic heterocycles. The maximum atomic E-state index is 11.4. The minimum Gasteiger partial charge on any atom is -0.481 e. The Morgan fingerprint density at radius 3 is 2.28 bits per heavy atom. The zero-order chi connectivity index (χ0) is 13.0. The van der Waals surface area contributed by atoms with E-state index in [1.165, 1.54) is 0 Å². The standard InChI is InChI=1S/C12H11N3O3/c16-10(6-3-7-11(17)18)15-12-13-8-4-1-2-5-9(8)14-12/h1-2,4-5H,3,6-7H2,(H,17,18). The van der Waals surface area contributed by atoms with Crippen LogP contribution in [0.15, 0.2) is 39.2 Å². The van der Waals surface area contributed by atoms with Gasteiger partial charge in [0.1, 0.15) is 0 Å². The quantitative estimate of drug-likeness (QED) is 0.814. The molecule has 1 aromatic rings. The van der Waals surface area contributed by atoms with Crippen molar-refractivity contribution in [2.75, 3.05) is 0 Å². The number of aliphatic imine (C=N–C) groups is 1. The van der Waals surface area contributed by atoms with Gasteiger partial charge in [-0.05, 0) is 18.6 Å². The van der Waals surface area contributed by atoms with Crippen molar-refractivity contribution in [2.45, 2.75) is 19.3 Å². The van der Waals surface area contributed by atoms with Crippen LogP contribution in [0.4, 0.5) is 0 Å². The smallest absolute Gasteiger partial charge is 0.303 e. The van der Waals surface area contributed by atoms with E-state index in [2.05, 4.69) is 15.0 Å². The molecule has 1 aliphatic heterocycles. The molecule has 2 rings (SSSR count). The first kappa shape index (κ1) is 12.1. The topological polar surface area (TPSA) is 91.4 Å². The molecule has 1 N–H and O–H groups in total. The summed E-state index contributed by atoms with van der Waals surface area (Å²) in [6.45, 7) is 0. The van der Waals surface area contributed by atoms with Gasteiger partial charge in [-0.15, -0.1) is 0 Å². The van der Waals surface area contributed by atoms with Gasteiger partial charge in [0, 0.05) is 12.8 Å². The van der Waals surface area contributed by atoms with Gasteiger partial charge >= 0.3 is 5.97 Å². The largest absolute Gasteiger partial charge is 0.481 e. The number of carbonyl (C=O) groups is 2. The summed E-state index contributed by atoms with van der Waals surface area (Å²) in [7, 11) is 0. The summed E-state index contributed by atoms with van der Waals surface area (Å²) in [5.41, 5.74) is 0. The lowest BCUT2D eigenvalue weighted by molar-refractivity contribution is -0.137. The number of rotatable bonds is 4. The third-order valence-corrected chi connectivity index (χ3v) is 2.33. The molecule has 0 atom stereocenters. The van der Waals surface area contributed by atoms with Crippen molar-refractivity contribution in [3.63, 3.8) is 0 Å². The van der Waals surface area contributed by atoms with Gasteiger partial charge in [0.05, 0.1) is 10.7 Å². The van der Waals surface area contributed by atoms with Crippen LogP contribution < -0.4 is 10.7 Å². The van der Waals surface area contributed by atoms with Crippen molar-refractivity contribution in [1.29, 1.82) is 0 Å². The molecule has 0 unspecified atom stereocenters. The number of aliphatic carboxylic acids is 1. The Labute approximate surface area is 102 Å². The van der Waals surface area contributed by atoms with Crippen LogP contribution in [0.2, 0.25) is 0 Å². The highest BCUT2D eigenvalue weighted by Crippen LogP contribution is 1.99. The monoisotopic (exact) mass is 245 g/mol. The van der Waals surface area contributed by atoms with Crippen LogP contribution >= 0.6 is 0 Å². The predicted octanol–water partition coefficient (Wildman–Crippen LogP) is 0.0769. The van der Waals surface area contributed by atoms with Crippen molar-refractivity contribution < 1.29 is 14.7 Å². The van der Waals surface area contributed by atoms with E-state index in [1.807, 2.05) is 12.1 Å². The Bertz CT molecular complexity index is 597. The average Bonchev–Trinajstić information content (AvgIpc) is 2.70. The average molecular weight is 245 g/mol. The second-order valence-electron chi connectivity index (χ2n) is 3.77. The Morgan fingerprint density at radius 2 is 1.72 bits per heavy atom. The van der Waals surface area contributed by atoms with Crippen molar-refractivity contribution in [3.8, 4) is 0 Å². The van der Waals surface area contributed by atoms with E-state index >= 15 is 0 Å². The lowest BCUT2D eigenvalue weighted by atomic mass is 10.2.